The van der Waals surface area contributed by atoms with Crippen molar-refractivity contribution < 1.29 is 9.63 Å². The minimum absolute atomic E-state index is 0.0329. The first kappa shape index (κ1) is 17.1. The Morgan fingerprint density at radius 2 is 1.85 bits per heavy atom. The van der Waals surface area contributed by atoms with Crippen LogP contribution in [0, 0.1) is 0 Å². The molecule has 7 heteroatoms. The van der Waals surface area contributed by atoms with Gasteiger partial charge in [0.25, 0.3) is 0 Å². The smallest absolute Gasteiger partial charge is 0.193 e. The molecule has 1 rings (SSSR count). The van der Waals surface area contributed by atoms with Gasteiger partial charge in [0, 0.05) is 12.4 Å². The van der Waals surface area contributed by atoms with Crippen molar-refractivity contribution in [1.82, 2.24) is 9.97 Å². The molecule has 1 heterocycles. The normalized spacial score (nSPS) is 15.2. The molecule has 0 aliphatic carbocycles. The molecule has 5 nitrogen and oxygen atoms in total. The summed E-state index contributed by atoms with van der Waals surface area (Å²) in [5.74, 6) is 0.598. The molecular weight excluding hydrogens is 294 g/mol. The zero-order valence-corrected chi connectivity index (χ0v) is 14.6. The van der Waals surface area contributed by atoms with Gasteiger partial charge in [0.2, 0.25) is 0 Å². The molecule has 1 aromatic rings. The zero-order chi connectivity index (χ0) is 15.6. The Balaban J connectivity index is 2.86. The molecule has 20 heavy (non-hydrogen) atoms. The average Bonchev–Trinajstić information content (AvgIpc) is 2.36. The van der Waals surface area contributed by atoms with Gasteiger partial charge < -0.3 is 9.63 Å². The van der Waals surface area contributed by atoms with E-state index >= 15 is 0 Å². The average molecular weight is 316 g/mol. The van der Waals surface area contributed by atoms with Crippen LogP contribution >= 0.6 is 11.6 Å². The molecule has 112 valence electrons. The van der Waals surface area contributed by atoms with E-state index < -0.39 is 8.32 Å². The van der Waals surface area contributed by atoms with Crippen molar-refractivity contribution in [2.45, 2.75) is 51.9 Å². The number of rotatable bonds is 4. The summed E-state index contributed by atoms with van der Waals surface area (Å²) in [4.78, 5) is 8.45. The van der Waals surface area contributed by atoms with E-state index in [1.165, 1.54) is 12.4 Å². The summed E-state index contributed by atoms with van der Waals surface area (Å²) in [6, 6.07) is 0. The lowest BCUT2D eigenvalue weighted by Gasteiger charge is -2.38. The maximum atomic E-state index is 8.59. The lowest BCUT2D eigenvalue weighted by Crippen LogP contribution is -2.41. The molecule has 0 spiro atoms. The molecule has 0 aliphatic rings. The monoisotopic (exact) mass is 315 g/mol. The van der Waals surface area contributed by atoms with E-state index in [0.717, 1.165) is 0 Å². The summed E-state index contributed by atoms with van der Waals surface area (Å²) in [5, 5.41) is 11.6. The third-order valence-electron chi connectivity index (χ3n) is 3.64. The van der Waals surface area contributed by atoms with Gasteiger partial charge in [0.05, 0.1) is 5.56 Å². The molecule has 0 bridgehead atoms. The van der Waals surface area contributed by atoms with Gasteiger partial charge in [0.15, 0.2) is 19.3 Å². The number of hydrogen-bond acceptors (Lipinski definition) is 5. The van der Waals surface area contributed by atoms with Crippen molar-refractivity contribution in [1.29, 1.82) is 0 Å². The highest BCUT2D eigenvalue weighted by molar-refractivity contribution is 6.74. The van der Waals surface area contributed by atoms with Gasteiger partial charge in [-0.25, -0.2) is 9.97 Å². The molecular formula is C13H22ClN3O2Si. The fourth-order valence-electron chi connectivity index (χ4n) is 1.38. The van der Waals surface area contributed by atoms with E-state index in [2.05, 4.69) is 49.0 Å². The Hall–Kier alpha value is -0.983. The van der Waals surface area contributed by atoms with Crippen LogP contribution in [0.2, 0.25) is 18.1 Å². The first-order chi connectivity index (χ1) is 9.08. The van der Waals surface area contributed by atoms with Crippen LogP contribution in [0.15, 0.2) is 17.5 Å². The van der Waals surface area contributed by atoms with Gasteiger partial charge in [-0.2, -0.15) is 0 Å². The minimum atomic E-state index is -1.86. The van der Waals surface area contributed by atoms with Crippen molar-refractivity contribution >= 4 is 25.1 Å². The topological polar surface area (TPSA) is 67.6 Å². The second kappa shape index (κ2) is 6.20. The van der Waals surface area contributed by atoms with Gasteiger partial charge in [-0.05, 0) is 25.1 Å². The van der Waals surface area contributed by atoms with Gasteiger partial charge in [-0.3, -0.25) is 0 Å². The van der Waals surface area contributed by atoms with Crippen molar-refractivity contribution in [2.24, 2.45) is 5.16 Å². The number of nitrogens with zero attached hydrogens (tertiary/aromatic N) is 3. The summed E-state index contributed by atoms with van der Waals surface area (Å²) >= 11 is 5.68. The molecule has 0 radical (unpaired) electrons. The summed E-state index contributed by atoms with van der Waals surface area (Å²) in [6.07, 6.45) is 2.86. The quantitative estimate of drug-likeness (QED) is 0.395. The van der Waals surface area contributed by atoms with Crippen LogP contribution in [0.1, 0.15) is 45.2 Å². The Morgan fingerprint density at radius 1 is 1.35 bits per heavy atom. The van der Waals surface area contributed by atoms with Gasteiger partial charge >= 0.3 is 0 Å². The molecule has 1 atom stereocenters. The van der Waals surface area contributed by atoms with Crippen LogP contribution in [0.5, 0.6) is 0 Å². The van der Waals surface area contributed by atoms with Crippen molar-refractivity contribution in [3.63, 3.8) is 0 Å². The Bertz CT molecular complexity index is 483. The Labute approximate surface area is 126 Å². The van der Waals surface area contributed by atoms with Crippen molar-refractivity contribution in [3.05, 3.63) is 23.8 Å². The molecule has 0 amide bonds. The van der Waals surface area contributed by atoms with Crippen LogP contribution in [-0.4, -0.2) is 28.7 Å². The fourth-order valence-corrected chi connectivity index (χ4v) is 2.82. The molecule has 0 saturated carbocycles. The lowest BCUT2D eigenvalue weighted by molar-refractivity contribution is 0.193. The van der Waals surface area contributed by atoms with Crippen LogP contribution in [0.25, 0.3) is 0 Å². The second-order valence-electron chi connectivity index (χ2n) is 6.24. The molecule has 1 aromatic heterocycles. The molecule has 0 saturated heterocycles. The highest BCUT2D eigenvalue weighted by atomic mass is 35.5. The first-order valence-corrected chi connectivity index (χ1v) is 9.75. The number of aromatic nitrogens is 2. The van der Waals surface area contributed by atoms with Gasteiger partial charge in [-0.1, -0.05) is 37.5 Å². The Kier molecular flexibility index (Phi) is 5.29. The van der Waals surface area contributed by atoms with Crippen molar-refractivity contribution in [3.8, 4) is 0 Å². The van der Waals surface area contributed by atoms with Crippen LogP contribution in [-0.2, 0) is 4.43 Å². The molecule has 0 aliphatic heterocycles. The summed E-state index contributed by atoms with van der Waals surface area (Å²) < 4.78 is 6.22. The lowest BCUT2D eigenvalue weighted by atomic mass is 10.2. The highest BCUT2D eigenvalue weighted by Crippen LogP contribution is 2.39. The van der Waals surface area contributed by atoms with Gasteiger partial charge in [-0.15, -0.1) is 0 Å². The highest BCUT2D eigenvalue weighted by Gasteiger charge is 2.39. The SMILES string of the molecule is C[C@@H](O[Si](C)(C)C(C)(C)C)c1ncc(/C(Cl)=N/O)cn1. The minimum Gasteiger partial charge on any atom is -0.410 e. The zero-order valence-electron chi connectivity index (χ0n) is 12.8. The second-order valence-corrected chi connectivity index (χ2v) is 11.4. The predicted octanol–water partition coefficient (Wildman–Crippen LogP) is 3.93. The van der Waals surface area contributed by atoms with E-state index in [9.17, 15) is 0 Å². The van der Waals surface area contributed by atoms with E-state index in [0.29, 0.717) is 11.4 Å². The Morgan fingerprint density at radius 3 is 2.25 bits per heavy atom. The number of halogens is 1. The van der Waals surface area contributed by atoms with E-state index in [-0.39, 0.29) is 16.3 Å². The summed E-state index contributed by atoms with van der Waals surface area (Å²) in [5.41, 5.74) is 0.470. The standard InChI is InChI=1S/C13H22ClN3O2Si/c1-9(19-20(5,6)13(2,3)4)12-15-7-10(8-16-12)11(14)17-18/h7-9,18H,1-6H3/b17-11-/t9-/m1/s1. The number of hydrogen-bond donors (Lipinski definition) is 1. The predicted molar refractivity (Wildman–Crippen MR) is 82.9 cm³/mol. The number of oxime groups is 1. The van der Waals surface area contributed by atoms with Gasteiger partial charge in [0.1, 0.15) is 6.10 Å². The van der Waals surface area contributed by atoms with E-state index in [1.54, 1.807) is 0 Å². The summed E-state index contributed by atoms with van der Waals surface area (Å²) in [6.45, 7) is 12.9. The van der Waals surface area contributed by atoms with E-state index in [1.807, 2.05) is 6.92 Å². The third-order valence-corrected chi connectivity index (χ3v) is 8.49. The van der Waals surface area contributed by atoms with Crippen molar-refractivity contribution in [2.75, 3.05) is 0 Å². The fraction of sp³-hybridized carbons (Fsp3) is 0.615. The molecule has 1 N–H and O–H groups in total. The van der Waals surface area contributed by atoms with E-state index in [4.69, 9.17) is 21.2 Å². The largest absolute Gasteiger partial charge is 0.410 e. The maximum Gasteiger partial charge on any atom is 0.193 e. The van der Waals surface area contributed by atoms with Crippen LogP contribution in [0.3, 0.4) is 0 Å². The first-order valence-electron chi connectivity index (χ1n) is 6.46. The summed E-state index contributed by atoms with van der Waals surface area (Å²) in [7, 11) is -1.86. The maximum absolute atomic E-state index is 8.59. The molecule has 0 fully saturated rings. The van der Waals surface area contributed by atoms with Crippen LogP contribution < -0.4 is 0 Å². The van der Waals surface area contributed by atoms with Crippen LogP contribution in [0.4, 0.5) is 0 Å². The molecule has 0 aromatic carbocycles. The third kappa shape index (κ3) is 4.00. The molecule has 0 unspecified atom stereocenters.